The van der Waals surface area contributed by atoms with Crippen LogP contribution in [0, 0.1) is 0 Å². The molecule has 0 aromatic rings. The van der Waals surface area contributed by atoms with E-state index < -0.39 is 41.9 Å². The maximum atomic E-state index is 12.5. The van der Waals surface area contributed by atoms with Crippen LogP contribution >= 0.6 is 11.8 Å². The van der Waals surface area contributed by atoms with Crippen LogP contribution in [0.4, 0.5) is 0 Å². The summed E-state index contributed by atoms with van der Waals surface area (Å²) >= 11 is 0.931. The molecule has 0 bridgehead atoms. The van der Waals surface area contributed by atoms with Crippen LogP contribution < -0.4 is 0 Å². The fourth-order valence-corrected chi connectivity index (χ4v) is 3.97. The average molecular weight is 304 g/mol. The van der Waals surface area contributed by atoms with Gasteiger partial charge in [-0.25, -0.2) is 0 Å². The number of aliphatic imine (C=N–C) groups is 1. The SMILES string of the molecule is O=C1N2CCCN=C2S[C@@]12O[C@H](CO)[C@@H](O)[C@H](O)[C@H]2O. The fourth-order valence-electron chi connectivity index (χ4n) is 2.63. The van der Waals surface area contributed by atoms with Crippen molar-refractivity contribution in [3.8, 4) is 0 Å². The first kappa shape index (κ1) is 14.2. The lowest BCUT2D eigenvalue weighted by Crippen LogP contribution is -2.66. The monoisotopic (exact) mass is 304 g/mol. The maximum Gasteiger partial charge on any atom is 0.274 e. The van der Waals surface area contributed by atoms with Gasteiger partial charge in [0.15, 0.2) is 5.17 Å². The van der Waals surface area contributed by atoms with E-state index >= 15 is 0 Å². The first-order valence-corrected chi connectivity index (χ1v) is 7.21. The average Bonchev–Trinajstić information content (AvgIpc) is 2.75. The van der Waals surface area contributed by atoms with Crippen LogP contribution in [0.25, 0.3) is 0 Å². The van der Waals surface area contributed by atoms with Gasteiger partial charge in [-0.15, -0.1) is 0 Å². The predicted octanol–water partition coefficient (Wildman–Crippen LogP) is -2.51. The molecule has 0 aromatic carbocycles. The minimum atomic E-state index is -1.74. The Morgan fingerprint density at radius 2 is 2.15 bits per heavy atom. The Labute approximate surface area is 119 Å². The third-order valence-corrected chi connectivity index (χ3v) is 5.10. The molecule has 9 heteroatoms. The zero-order valence-electron chi connectivity index (χ0n) is 10.5. The quantitative estimate of drug-likeness (QED) is 0.422. The smallest absolute Gasteiger partial charge is 0.274 e. The highest BCUT2D eigenvalue weighted by atomic mass is 32.2. The van der Waals surface area contributed by atoms with E-state index in [2.05, 4.69) is 4.99 Å². The summed E-state index contributed by atoms with van der Waals surface area (Å²) in [6.07, 6.45) is -5.03. The Hall–Kier alpha value is -0.710. The number of nitrogens with zero attached hydrogens (tertiary/aromatic N) is 2. The molecule has 20 heavy (non-hydrogen) atoms. The number of hydrogen-bond donors (Lipinski definition) is 4. The number of amidine groups is 1. The topological polar surface area (TPSA) is 123 Å². The lowest BCUT2D eigenvalue weighted by Gasteiger charge is -2.44. The Morgan fingerprint density at radius 3 is 2.80 bits per heavy atom. The number of aliphatic hydroxyl groups excluding tert-OH is 4. The number of rotatable bonds is 1. The van der Waals surface area contributed by atoms with Gasteiger partial charge in [-0.2, -0.15) is 0 Å². The summed E-state index contributed by atoms with van der Waals surface area (Å²) in [5.74, 6) is -0.502. The minimum Gasteiger partial charge on any atom is -0.394 e. The molecule has 1 spiro atoms. The van der Waals surface area contributed by atoms with E-state index in [0.29, 0.717) is 18.3 Å². The molecule has 2 saturated heterocycles. The second kappa shape index (κ2) is 4.93. The van der Waals surface area contributed by atoms with E-state index in [9.17, 15) is 25.2 Å². The summed E-state index contributed by atoms with van der Waals surface area (Å²) in [7, 11) is 0. The molecule has 3 rings (SSSR count). The standard InChI is InChI=1S/C11H16N2O6S/c14-4-5-6(15)7(16)8(17)11(19-5)9(18)13-3-1-2-12-10(13)20-11/h5-8,14-17H,1-4H2/t5-,6-,7+,8-,11-/m1/s1. The number of thioether (sulfide) groups is 1. The number of amides is 1. The number of fused-ring (bicyclic) bond motifs is 1. The molecule has 3 aliphatic rings. The highest BCUT2D eigenvalue weighted by Crippen LogP contribution is 2.46. The van der Waals surface area contributed by atoms with E-state index in [1.54, 1.807) is 0 Å². The van der Waals surface area contributed by atoms with Crippen LogP contribution in [0.1, 0.15) is 6.42 Å². The van der Waals surface area contributed by atoms with Crippen molar-refractivity contribution in [2.75, 3.05) is 19.7 Å². The number of ether oxygens (including phenoxy) is 1. The van der Waals surface area contributed by atoms with Crippen LogP contribution in [0.3, 0.4) is 0 Å². The number of aliphatic hydroxyl groups is 4. The van der Waals surface area contributed by atoms with Crippen molar-refractivity contribution in [1.82, 2.24) is 4.90 Å². The van der Waals surface area contributed by atoms with Crippen molar-refractivity contribution in [1.29, 1.82) is 0 Å². The van der Waals surface area contributed by atoms with E-state index in [1.165, 1.54) is 4.90 Å². The fraction of sp³-hybridized carbons (Fsp3) is 0.818. The molecule has 1 amide bonds. The van der Waals surface area contributed by atoms with Gasteiger partial charge < -0.3 is 25.2 Å². The van der Waals surface area contributed by atoms with Crippen LogP contribution in [0.2, 0.25) is 0 Å². The molecule has 0 aliphatic carbocycles. The Morgan fingerprint density at radius 1 is 1.40 bits per heavy atom. The van der Waals surface area contributed by atoms with Gasteiger partial charge in [0.2, 0.25) is 4.93 Å². The molecular weight excluding hydrogens is 288 g/mol. The molecule has 3 aliphatic heterocycles. The Bertz CT molecular complexity index is 458. The molecule has 5 atom stereocenters. The number of carbonyl (C=O) groups excluding carboxylic acids is 1. The zero-order chi connectivity index (χ0) is 14.5. The molecule has 4 N–H and O–H groups in total. The van der Waals surface area contributed by atoms with Crippen LogP contribution in [-0.4, -0.2) is 85.4 Å². The highest BCUT2D eigenvalue weighted by molar-refractivity contribution is 8.16. The predicted molar refractivity (Wildman–Crippen MR) is 68.9 cm³/mol. The van der Waals surface area contributed by atoms with Gasteiger partial charge >= 0.3 is 0 Å². The largest absolute Gasteiger partial charge is 0.394 e. The number of hydrogen-bond acceptors (Lipinski definition) is 8. The second-order valence-corrected chi connectivity index (χ2v) is 6.18. The molecule has 112 valence electrons. The molecule has 0 radical (unpaired) electrons. The van der Waals surface area contributed by atoms with Gasteiger partial charge in [0, 0.05) is 13.1 Å². The summed E-state index contributed by atoms with van der Waals surface area (Å²) in [4.78, 5) is 16.4. The molecule has 8 nitrogen and oxygen atoms in total. The van der Waals surface area contributed by atoms with Crippen molar-refractivity contribution < 1.29 is 30.0 Å². The maximum absolute atomic E-state index is 12.5. The third kappa shape index (κ3) is 1.81. The molecule has 3 heterocycles. The molecular formula is C11H16N2O6S. The third-order valence-electron chi connectivity index (χ3n) is 3.75. The lowest BCUT2D eigenvalue weighted by atomic mass is 9.94. The Balaban J connectivity index is 1.97. The molecule has 0 unspecified atom stereocenters. The summed E-state index contributed by atoms with van der Waals surface area (Å²) < 4.78 is 5.46. The molecule has 0 saturated carbocycles. The van der Waals surface area contributed by atoms with Crippen molar-refractivity contribution in [3.63, 3.8) is 0 Å². The molecule has 0 aromatic heterocycles. The van der Waals surface area contributed by atoms with E-state index in [-0.39, 0.29) is 0 Å². The van der Waals surface area contributed by atoms with Gasteiger partial charge in [-0.05, 0) is 18.2 Å². The van der Waals surface area contributed by atoms with Crippen molar-refractivity contribution in [2.24, 2.45) is 4.99 Å². The van der Waals surface area contributed by atoms with Crippen LogP contribution in [0.5, 0.6) is 0 Å². The Kier molecular flexibility index (Phi) is 3.51. The normalized spacial score (nSPS) is 44.7. The van der Waals surface area contributed by atoms with Crippen molar-refractivity contribution in [3.05, 3.63) is 0 Å². The zero-order valence-corrected chi connectivity index (χ0v) is 11.4. The van der Waals surface area contributed by atoms with Gasteiger partial charge in [-0.1, -0.05) is 0 Å². The van der Waals surface area contributed by atoms with E-state index in [4.69, 9.17) is 4.74 Å². The van der Waals surface area contributed by atoms with E-state index in [0.717, 1.165) is 18.2 Å². The van der Waals surface area contributed by atoms with Gasteiger partial charge in [0.25, 0.3) is 5.91 Å². The first-order chi connectivity index (χ1) is 9.51. The van der Waals surface area contributed by atoms with Gasteiger partial charge in [-0.3, -0.25) is 14.7 Å². The number of carbonyl (C=O) groups is 1. The first-order valence-electron chi connectivity index (χ1n) is 6.39. The van der Waals surface area contributed by atoms with Crippen LogP contribution in [0.15, 0.2) is 4.99 Å². The van der Waals surface area contributed by atoms with Crippen molar-refractivity contribution >= 4 is 22.8 Å². The minimum absolute atomic E-state index is 0.445. The summed E-state index contributed by atoms with van der Waals surface area (Å²) in [6.45, 7) is 0.505. The molecule has 2 fully saturated rings. The van der Waals surface area contributed by atoms with Crippen molar-refractivity contribution in [2.45, 2.75) is 35.8 Å². The van der Waals surface area contributed by atoms with Crippen LogP contribution in [-0.2, 0) is 9.53 Å². The summed E-state index contributed by atoms with van der Waals surface area (Å²) in [5.41, 5.74) is 0. The second-order valence-electron chi connectivity index (χ2n) is 5.01. The summed E-state index contributed by atoms with van der Waals surface area (Å²) in [6, 6.07) is 0. The summed E-state index contributed by atoms with van der Waals surface area (Å²) in [5, 5.41) is 39.5. The highest BCUT2D eigenvalue weighted by Gasteiger charge is 2.64. The lowest BCUT2D eigenvalue weighted by molar-refractivity contribution is -0.239. The van der Waals surface area contributed by atoms with Gasteiger partial charge in [0.1, 0.15) is 24.4 Å². The van der Waals surface area contributed by atoms with E-state index in [1.807, 2.05) is 0 Å². The van der Waals surface area contributed by atoms with Gasteiger partial charge in [0.05, 0.1) is 6.61 Å².